The highest BCUT2D eigenvalue weighted by Gasteiger charge is 2.20. The third-order valence-corrected chi connectivity index (χ3v) is 5.43. The smallest absolute Gasteiger partial charge is 0.239 e. The molecule has 0 fully saturated rings. The average Bonchev–Trinajstić information content (AvgIpc) is 2.45. The van der Waals surface area contributed by atoms with Crippen molar-refractivity contribution >= 4 is 33.4 Å². The number of nitrogens with zero attached hydrogens (tertiary/aromatic N) is 1. The molecule has 7 heteroatoms. The van der Waals surface area contributed by atoms with Crippen LogP contribution in [-0.2, 0) is 14.8 Å². The molecule has 1 amide bonds. The van der Waals surface area contributed by atoms with E-state index in [1.165, 1.54) is 18.8 Å². The fourth-order valence-corrected chi connectivity index (χ4v) is 3.27. The van der Waals surface area contributed by atoms with Crippen LogP contribution in [0.2, 0.25) is 0 Å². The second-order valence-corrected chi connectivity index (χ2v) is 7.44. The van der Waals surface area contributed by atoms with Gasteiger partial charge in [-0.2, -0.15) is 4.31 Å². The largest absolute Gasteiger partial charge is 0.324 e. The fraction of sp³-hybridized carbons (Fsp3) is 0.357. The van der Waals surface area contributed by atoms with E-state index in [0.29, 0.717) is 12.1 Å². The lowest BCUT2D eigenvalue weighted by atomic mass is 10.3. The monoisotopic (exact) mass is 328 g/mol. The Morgan fingerprint density at radius 2 is 2.10 bits per heavy atom. The molecule has 1 aromatic carbocycles. The van der Waals surface area contributed by atoms with Gasteiger partial charge in [-0.25, -0.2) is 8.42 Å². The van der Waals surface area contributed by atoms with Crippen molar-refractivity contribution in [3.05, 3.63) is 36.9 Å². The van der Waals surface area contributed by atoms with E-state index >= 15 is 0 Å². The summed E-state index contributed by atoms with van der Waals surface area (Å²) in [6.45, 7) is 3.29. The van der Waals surface area contributed by atoms with Crippen LogP contribution >= 0.6 is 11.8 Å². The zero-order valence-corrected chi connectivity index (χ0v) is 13.8. The highest BCUT2D eigenvalue weighted by molar-refractivity contribution is 7.98. The van der Waals surface area contributed by atoms with E-state index in [2.05, 4.69) is 11.9 Å². The number of anilines is 1. The fourth-order valence-electron chi connectivity index (χ4n) is 1.63. The number of hydrogen-bond acceptors (Lipinski definition) is 4. The van der Waals surface area contributed by atoms with E-state index in [0.717, 1.165) is 9.20 Å². The van der Waals surface area contributed by atoms with E-state index in [1.54, 1.807) is 12.1 Å². The molecule has 0 unspecified atom stereocenters. The van der Waals surface area contributed by atoms with Gasteiger partial charge >= 0.3 is 0 Å². The molecule has 0 saturated carbocycles. The number of likely N-dealkylation sites (N-methyl/N-ethyl adjacent to an activating group) is 1. The number of sulfonamides is 1. The molecule has 0 spiro atoms. The van der Waals surface area contributed by atoms with Gasteiger partial charge in [-0.05, 0) is 24.8 Å². The maximum atomic E-state index is 12.0. The molecule has 0 saturated heterocycles. The summed E-state index contributed by atoms with van der Waals surface area (Å²) in [5.41, 5.74) is 0.687. The zero-order valence-electron chi connectivity index (χ0n) is 12.2. The van der Waals surface area contributed by atoms with Gasteiger partial charge < -0.3 is 5.32 Å². The standard InChI is InChI=1S/C14H20N2O3S2/c1-4-5-10-21(18,19)16(2)11-14(17)15-12-8-6-7-9-13(12)20-3/h4,6-9H,1,5,10-11H2,2-3H3,(H,15,17). The molecule has 21 heavy (non-hydrogen) atoms. The minimum absolute atomic E-state index is 0.0400. The van der Waals surface area contributed by atoms with Crippen LogP contribution in [0, 0.1) is 0 Å². The minimum Gasteiger partial charge on any atom is -0.324 e. The maximum Gasteiger partial charge on any atom is 0.239 e. The molecule has 116 valence electrons. The Morgan fingerprint density at radius 3 is 2.71 bits per heavy atom. The molecule has 0 aromatic heterocycles. The molecule has 5 nitrogen and oxygen atoms in total. The second-order valence-electron chi connectivity index (χ2n) is 4.40. The van der Waals surface area contributed by atoms with Crippen LogP contribution in [0.25, 0.3) is 0 Å². The summed E-state index contributed by atoms with van der Waals surface area (Å²) in [4.78, 5) is 12.9. The number of amides is 1. The molecule has 0 atom stereocenters. The van der Waals surface area contributed by atoms with E-state index in [-0.39, 0.29) is 18.2 Å². The summed E-state index contributed by atoms with van der Waals surface area (Å²) in [6, 6.07) is 7.38. The van der Waals surface area contributed by atoms with Gasteiger partial charge in [0.15, 0.2) is 0 Å². The van der Waals surface area contributed by atoms with Gasteiger partial charge in [-0.1, -0.05) is 18.2 Å². The predicted molar refractivity (Wildman–Crippen MR) is 88.1 cm³/mol. The molecule has 0 aliphatic rings. The normalized spacial score (nSPS) is 11.4. The summed E-state index contributed by atoms with van der Waals surface area (Å²) in [7, 11) is -2.03. The second kappa shape index (κ2) is 8.21. The Labute approximate surface area is 130 Å². The van der Waals surface area contributed by atoms with Gasteiger partial charge in [-0.3, -0.25) is 4.79 Å². The quantitative estimate of drug-likeness (QED) is 0.587. The van der Waals surface area contributed by atoms with Gasteiger partial charge in [0, 0.05) is 11.9 Å². The number of para-hydroxylation sites is 1. The number of thioether (sulfide) groups is 1. The number of carbonyl (C=O) groups is 1. The van der Waals surface area contributed by atoms with E-state index in [9.17, 15) is 13.2 Å². The maximum absolute atomic E-state index is 12.0. The van der Waals surface area contributed by atoms with Gasteiger partial charge in [0.05, 0.1) is 18.0 Å². The van der Waals surface area contributed by atoms with Crippen molar-refractivity contribution in [2.24, 2.45) is 0 Å². The van der Waals surface area contributed by atoms with Crippen LogP contribution in [0.1, 0.15) is 6.42 Å². The van der Waals surface area contributed by atoms with E-state index < -0.39 is 10.0 Å². The first-order valence-electron chi connectivity index (χ1n) is 6.38. The van der Waals surface area contributed by atoms with Crippen molar-refractivity contribution in [2.45, 2.75) is 11.3 Å². The first-order chi connectivity index (χ1) is 9.90. The molecule has 1 rings (SSSR count). The van der Waals surface area contributed by atoms with Crippen LogP contribution in [0.4, 0.5) is 5.69 Å². The number of nitrogens with one attached hydrogen (secondary N) is 1. The predicted octanol–water partition coefficient (Wildman–Crippen LogP) is 2.18. The van der Waals surface area contributed by atoms with Crippen molar-refractivity contribution in [1.29, 1.82) is 0 Å². The number of rotatable bonds is 8. The lowest BCUT2D eigenvalue weighted by molar-refractivity contribution is -0.116. The lowest BCUT2D eigenvalue weighted by Gasteiger charge is -2.17. The van der Waals surface area contributed by atoms with Crippen molar-refractivity contribution in [1.82, 2.24) is 4.31 Å². The summed E-state index contributed by atoms with van der Waals surface area (Å²) in [6.07, 6.45) is 3.82. The van der Waals surface area contributed by atoms with Crippen LogP contribution in [0.15, 0.2) is 41.8 Å². The number of carbonyl (C=O) groups excluding carboxylic acids is 1. The van der Waals surface area contributed by atoms with Gasteiger partial charge in [-0.15, -0.1) is 18.3 Å². The zero-order chi connectivity index (χ0) is 15.9. The molecule has 1 N–H and O–H groups in total. The summed E-state index contributed by atoms with van der Waals surface area (Å²) < 4.78 is 24.9. The third-order valence-electron chi connectivity index (χ3n) is 2.80. The Balaban J connectivity index is 2.67. The first-order valence-corrected chi connectivity index (χ1v) is 9.22. The Morgan fingerprint density at radius 1 is 1.43 bits per heavy atom. The molecular weight excluding hydrogens is 308 g/mol. The van der Waals surface area contributed by atoms with Crippen LogP contribution in [0.3, 0.4) is 0 Å². The van der Waals surface area contributed by atoms with Crippen LogP contribution in [0.5, 0.6) is 0 Å². The molecule has 0 aliphatic carbocycles. The van der Waals surface area contributed by atoms with Crippen molar-refractivity contribution in [3.8, 4) is 0 Å². The molecule has 1 aromatic rings. The Bertz CT molecular complexity index is 600. The average molecular weight is 328 g/mol. The summed E-state index contributed by atoms with van der Waals surface area (Å²) in [5.74, 6) is -0.400. The number of hydrogen-bond donors (Lipinski definition) is 1. The summed E-state index contributed by atoms with van der Waals surface area (Å²) >= 11 is 1.52. The highest BCUT2D eigenvalue weighted by atomic mass is 32.2. The van der Waals surface area contributed by atoms with Gasteiger partial charge in [0.2, 0.25) is 15.9 Å². The Kier molecular flexibility index (Phi) is 6.94. The molecule has 0 bridgehead atoms. The van der Waals surface area contributed by atoms with Crippen molar-refractivity contribution in [3.63, 3.8) is 0 Å². The van der Waals surface area contributed by atoms with Crippen molar-refractivity contribution in [2.75, 3.05) is 30.9 Å². The SMILES string of the molecule is C=CCCS(=O)(=O)N(C)CC(=O)Nc1ccccc1SC. The molecule has 0 heterocycles. The highest BCUT2D eigenvalue weighted by Crippen LogP contribution is 2.24. The molecule has 0 radical (unpaired) electrons. The van der Waals surface area contributed by atoms with Gasteiger partial charge in [0.25, 0.3) is 0 Å². The minimum atomic E-state index is -3.43. The Hall–Kier alpha value is -1.31. The first kappa shape index (κ1) is 17.7. The number of benzene rings is 1. The molecular formula is C14H20N2O3S2. The van der Waals surface area contributed by atoms with Crippen LogP contribution < -0.4 is 5.32 Å². The molecule has 0 aliphatic heterocycles. The third kappa shape index (κ3) is 5.53. The van der Waals surface area contributed by atoms with Gasteiger partial charge in [0.1, 0.15) is 0 Å². The van der Waals surface area contributed by atoms with E-state index in [4.69, 9.17) is 0 Å². The topological polar surface area (TPSA) is 66.5 Å². The van der Waals surface area contributed by atoms with E-state index in [1.807, 2.05) is 24.5 Å². The van der Waals surface area contributed by atoms with Crippen molar-refractivity contribution < 1.29 is 13.2 Å². The lowest BCUT2D eigenvalue weighted by Crippen LogP contribution is -2.36. The van der Waals surface area contributed by atoms with Crippen LogP contribution in [-0.4, -0.2) is 44.2 Å². The number of allylic oxidation sites excluding steroid dienone is 1. The summed E-state index contributed by atoms with van der Waals surface area (Å²) in [5, 5.41) is 2.73.